The molecule has 0 radical (unpaired) electrons. The van der Waals surface area contributed by atoms with E-state index in [9.17, 15) is 4.79 Å². The van der Waals surface area contributed by atoms with Gasteiger partial charge < -0.3 is 10.5 Å². The Balaban J connectivity index is 2.26. The van der Waals surface area contributed by atoms with E-state index in [0.29, 0.717) is 22.5 Å². The largest absolute Gasteiger partial charge is 0.411 e. The fourth-order valence-electron chi connectivity index (χ4n) is 1.76. The van der Waals surface area contributed by atoms with Gasteiger partial charge in [0.2, 0.25) is 0 Å². The van der Waals surface area contributed by atoms with E-state index in [1.54, 1.807) is 43.3 Å². The lowest BCUT2D eigenvalue weighted by atomic mass is 10.1. The van der Waals surface area contributed by atoms with Crippen LogP contribution in [0.1, 0.15) is 22.8 Å². The van der Waals surface area contributed by atoms with Crippen LogP contribution in [0.4, 0.5) is 5.69 Å². The minimum Gasteiger partial charge on any atom is -0.411 e. The molecule has 0 heterocycles. The van der Waals surface area contributed by atoms with E-state index < -0.39 is 0 Å². The van der Waals surface area contributed by atoms with Crippen LogP contribution in [-0.2, 0) is 0 Å². The third-order valence-corrected chi connectivity index (χ3v) is 3.35. The summed E-state index contributed by atoms with van der Waals surface area (Å²) in [6.45, 7) is 1.67. The molecule has 5 heteroatoms. The third-order valence-electron chi connectivity index (χ3n) is 2.82. The molecule has 2 aromatic carbocycles. The average Bonchev–Trinajstić information content (AvgIpc) is 2.47. The number of carbonyl (C=O) groups excluding carboxylic acids is 1. The SMILES string of the molecule is C/C(=N\O)c1ccccc1NC(=O)c1ccc(Br)cc1. The molecule has 0 aliphatic carbocycles. The van der Waals surface area contributed by atoms with E-state index in [1.165, 1.54) is 0 Å². The van der Waals surface area contributed by atoms with Crippen LogP contribution in [0, 0.1) is 0 Å². The predicted molar refractivity (Wildman–Crippen MR) is 82.5 cm³/mol. The Morgan fingerprint density at radius 3 is 2.45 bits per heavy atom. The van der Waals surface area contributed by atoms with Crippen molar-refractivity contribution in [2.45, 2.75) is 6.92 Å². The zero-order chi connectivity index (χ0) is 14.5. The number of para-hydroxylation sites is 1. The molecule has 2 N–H and O–H groups in total. The molecule has 0 aliphatic heterocycles. The summed E-state index contributed by atoms with van der Waals surface area (Å²) in [6, 6.07) is 14.3. The molecule has 0 fully saturated rings. The average molecular weight is 333 g/mol. The number of hydrogen-bond acceptors (Lipinski definition) is 3. The standard InChI is InChI=1S/C15H13BrN2O2/c1-10(18-20)13-4-2-3-5-14(13)17-15(19)11-6-8-12(16)9-7-11/h2-9,20H,1H3,(H,17,19)/b18-10+. The van der Waals surface area contributed by atoms with Crippen LogP contribution in [0.15, 0.2) is 58.2 Å². The summed E-state index contributed by atoms with van der Waals surface area (Å²) in [7, 11) is 0. The van der Waals surface area contributed by atoms with Gasteiger partial charge in [-0.05, 0) is 37.3 Å². The van der Waals surface area contributed by atoms with Gasteiger partial charge in [-0.3, -0.25) is 4.79 Å². The van der Waals surface area contributed by atoms with Gasteiger partial charge in [0.25, 0.3) is 5.91 Å². The number of anilines is 1. The van der Waals surface area contributed by atoms with Crippen molar-refractivity contribution in [3.05, 3.63) is 64.1 Å². The highest BCUT2D eigenvalue weighted by molar-refractivity contribution is 9.10. The number of amides is 1. The number of hydrogen-bond donors (Lipinski definition) is 2. The number of carbonyl (C=O) groups is 1. The van der Waals surface area contributed by atoms with E-state index in [-0.39, 0.29) is 5.91 Å². The molecule has 2 rings (SSSR count). The monoisotopic (exact) mass is 332 g/mol. The second-order valence-electron chi connectivity index (χ2n) is 4.19. The maximum atomic E-state index is 12.2. The number of rotatable bonds is 3. The second kappa shape index (κ2) is 6.34. The number of halogens is 1. The molecule has 102 valence electrons. The molecule has 0 saturated carbocycles. The van der Waals surface area contributed by atoms with Crippen molar-refractivity contribution in [2.75, 3.05) is 5.32 Å². The molecule has 1 amide bonds. The second-order valence-corrected chi connectivity index (χ2v) is 5.11. The lowest BCUT2D eigenvalue weighted by molar-refractivity contribution is 0.102. The molecule has 0 spiro atoms. The lowest BCUT2D eigenvalue weighted by Crippen LogP contribution is -2.14. The Bertz CT molecular complexity index is 651. The first-order chi connectivity index (χ1) is 9.61. The summed E-state index contributed by atoms with van der Waals surface area (Å²) in [4.78, 5) is 12.2. The van der Waals surface area contributed by atoms with Crippen LogP contribution in [0.2, 0.25) is 0 Å². The molecule has 0 saturated heterocycles. The molecule has 0 bridgehead atoms. The predicted octanol–water partition coefficient (Wildman–Crippen LogP) is 3.90. The van der Waals surface area contributed by atoms with Crippen LogP contribution in [-0.4, -0.2) is 16.8 Å². The van der Waals surface area contributed by atoms with E-state index in [2.05, 4.69) is 26.4 Å². The number of nitrogens with zero attached hydrogens (tertiary/aromatic N) is 1. The highest BCUT2D eigenvalue weighted by Crippen LogP contribution is 2.18. The Labute approximate surface area is 125 Å². The minimum absolute atomic E-state index is 0.212. The quantitative estimate of drug-likeness (QED) is 0.508. The van der Waals surface area contributed by atoms with Gasteiger partial charge >= 0.3 is 0 Å². The fourth-order valence-corrected chi connectivity index (χ4v) is 2.02. The molecule has 2 aromatic rings. The van der Waals surface area contributed by atoms with Crippen LogP contribution in [0.5, 0.6) is 0 Å². The maximum absolute atomic E-state index is 12.2. The van der Waals surface area contributed by atoms with Crippen molar-refractivity contribution in [3.8, 4) is 0 Å². The molecular formula is C15H13BrN2O2. The van der Waals surface area contributed by atoms with Gasteiger partial charge in [0.1, 0.15) is 0 Å². The topological polar surface area (TPSA) is 61.7 Å². The molecule has 20 heavy (non-hydrogen) atoms. The van der Waals surface area contributed by atoms with Crippen molar-refractivity contribution < 1.29 is 10.0 Å². The molecule has 0 aromatic heterocycles. The van der Waals surface area contributed by atoms with Gasteiger partial charge in [0, 0.05) is 15.6 Å². The Hall–Kier alpha value is -2.14. The van der Waals surface area contributed by atoms with Crippen LogP contribution >= 0.6 is 15.9 Å². The fraction of sp³-hybridized carbons (Fsp3) is 0.0667. The zero-order valence-corrected chi connectivity index (χ0v) is 12.4. The summed E-state index contributed by atoms with van der Waals surface area (Å²) >= 11 is 3.33. The van der Waals surface area contributed by atoms with Gasteiger partial charge in [-0.25, -0.2) is 0 Å². The number of nitrogens with one attached hydrogen (secondary N) is 1. The van der Waals surface area contributed by atoms with Gasteiger partial charge in [0.15, 0.2) is 0 Å². The Kier molecular flexibility index (Phi) is 4.53. The first-order valence-electron chi connectivity index (χ1n) is 5.97. The molecule has 0 aliphatic rings. The zero-order valence-electron chi connectivity index (χ0n) is 10.8. The normalized spacial score (nSPS) is 11.2. The van der Waals surface area contributed by atoms with E-state index in [1.807, 2.05) is 12.1 Å². The number of benzene rings is 2. The summed E-state index contributed by atoms with van der Waals surface area (Å²) in [6.07, 6.45) is 0. The highest BCUT2D eigenvalue weighted by atomic mass is 79.9. The van der Waals surface area contributed by atoms with Crippen molar-refractivity contribution in [2.24, 2.45) is 5.16 Å². The smallest absolute Gasteiger partial charge is 0.255 e. The molecule has 4 nitrogen and oxygen atoms in total. The van der Waals surface area contributed by atoms with E-state index in [0.717, 1.165) is 4.47 Å². The van der Waals surface area contributed by atoms with Crippen molar-refractivity contribution in [1.29, 1.82) is 0 Å². The van der Waals surface area contributed by atoms with Crippen molar-refractivity contribution >= 4 is 33.2 Å². The van der Waals surface area contributed by atoms with Crippen molar-refractivity contribution in [1.82, 2.24) is 0 Å². The first kappa shape index (κ1) is 14.3. The van der Waals surface area contributed by atoms with Gasteiger partial charge in [-0.1, -0.05) is 39.3 Å². The van der Waals surface area contributed by atoms with Gasteiger partial charge in [0.05, 0.1) is 11.4 Å². The maximum Gasteiger partial charge on any atom is 0.255 e. The lowest BCUT2D eigenvalue weighted by Gasteiger charge is -2.10. The van der Waals surface area contributed by atoms with Crippen molar-refractivity contribution in [3.63, 3.8) is 0 Å². The summed E-state index contributed by atoms with van der Waals surface area (Å²) in [5.74, 6) is -0.212. The first-order valence-corrected chi connectivity index (χ1v) is 6.76. The molecule has 0 unspecified atom stereocenters. The summed E-state index contributed by atoms with van der Waals surface area (Å²) in [5, 5.41) is 14.8. The Morgan fingerprint density at radius 1 is 1.15 bits per heavy atom. The van der Waals surface area contributed by atoms with E-state index in [4.69, 9.17) is 5.21 Å². The minimum atomic E-state index is -0.212. The van der Waals surface area contributed by atoms with Gasteiger partial charge in [-0.2, -0.15) is 0 Å². The van der Waals surface area contributed by atoms with Crippen LogP contribution in [0.25, 0.3) is 0 Å². The highest BCUT2D eigenvalue weighted by Gasteiger charge is 2.10. The summed E-state index contributed by atoms with van der Waals surface area (Å²) in [5.41, 5.74) is 2.29. The third kappa shape index (κ3) is 3.24. The number of oxime groups is 1. The van der Waals surface area contributed by atoms with Crippen LogP contribution in [0.3, 0.4) is 0 Å². The van der Waals surface area contributed by atoms with Gasteiger partial charge in [-0.15, -0.1) is 0 Å². The molecule has 0 atom stereocenters. The van der Waals surface area contributed by atoms with Crippen LogP contribution < -0.4 is 5.32 Å². The Morgan fingerprint density at radius 2 is 1.80 bits per heavy atom. The molecular weight excluding hydrogens is 320 g/mol. The van der Waals surface area contributed by atoms with E-state index >= 15 is 0 Å². The summed E-state index contributed by atoms with van der Waals surface area (Å²) < 4.78 is 0.915.